The van der Waals surface area contributed by atoms with Crippen LogP contribution in [0.25, 0.3) is 0 Å². The number of amides is 1. The van der Waals surface area contributed by atoms with Crippen LogP contribution in [0.1, 0.15) is 9.67 Å². The first kappa shape index (κ1) is 8.66. The molecular weight excluding hydrogens is 180 g/mol. The van der Waals surface area contributed by atoms with E-state index in [1.807, 2.05) is 0 Å². The van der Waals surface area contributed by atoms with Gasteiger partial charge >= 0.3 is 5.97 Å². The minimum Gasteiger partial charge on any atom is -0.480 e. The summed E-state index contributed by atoms with van der Waals surface area (Å²) < 4.78 is 0. The van der Waals surface area contributed by atoms with Gasteiger partial charge in [0.15, 0.2) is 5.51 Å². The number of thiazole rings is 1. The number of carbonyl (C=O) groups excluding carboxylic acids is 1. The molecule has 1 rings (SSSR count). The van der Waals surface area contributed by atoms with E-state index in [2.05, 4.69) is 15.8 Å². The molecule has 1 aromatic heterocycles. The number of carboxylic acids is 1. The van der Waals surface area contributed by atoms with Gasteiger partial charge in [0.1, 0.15) is 11.4 Å². The zero-order chi connectivity index (χ0) is 8.97. The average Bonchev–Trinajstić information content (AvgIpc) is 2.51. The number of hydrogen-bond acceptors (Lipinski definition) is 4. The highest BCUT2D eigenvalue weighted by Crippen LogP contribution is 2.03. The Hall–Kier alpha value is -1.43. The van der Waals surface area contributed by atoms with Crippen LogP contribution >= 0.6 is 11.3 Å². The Balaban J connectivity index is 2.45. The highest BCUT2D eigenvalue weighted by Gasteiger charge is 2.07. The van der Waals surface area contributed by atoms with E-state index < -0.39 is 11.9 Å². The number of carboxylic acid groups (broad SMARTS) is 1. The lowest BCUT2D eigenvalue weighted by Crippen LogP contribution is -2.28. The number of carbonyl (C=O) groups is 2. The summed E-state index contributed by atoms with van der Waals surface area (Å²) in [5, 5.41) is 10.4. The van der Waals surface area contributed by atoms with Crippen LogP contribution < -0.4 is 5.32 Å². The van der Waals surface area contributed by atoms with Gasteiger partial charge in [-0.1, -0.05) is 0 Å². The van der Waals surface area contributed by atoms with Crippen molar-refractivity contribution < 1.29 is 14.7 Å². The molecule has 0 saturated heterocycles. The lowest BCUT2D eigenvalue weighted by molar-refractivity contribution is -0.135. The number of nitrogens with zero attached hydrogens (tertiary/aromatic N) is 1. The second kappa shape index (κ2) is 3.82. The van der Waals surface area contributed by atoms with E-state index in [1.54, 1.807) is 0 Å². The lowest BCUT2D eigenvalue weighted by Gasteiger charge is -1.96. The number of aromatic nitrogens is 1. The molecule has 12 heavy (non-hydrogen) atoms. The van der Waals surface area contributed by atoms with Gasteiger partial charge in [0.2, 0.25) is 0 Å². The Morgan fingerprint density at radius 3 is 3.00 bits per heavy atom. The van der Waals surface area contributed by atoms with Crippen LogP contribution in [0, 0.1) is 5.51 Å². The maximum absolute atomic E-state index is 11.0. The monoisotopic (exact) mass is 185 g/mol. The van der Waals surface area contributed by atoms with Crippen molar-refractivity contribution in [2.24, 2.45) is 0 Å². The van der Waals surface area contributed by atoms with Gasteiger partial charge in [-0.25, -0.2) is 4.98 Å². The van der Waals surface area contributed by atoms with Gasteiger partial charge in [0.25, 0.3) is 5.91 Å². The molecule has 2 N–H and O–H groups in total. The first-order valence-electron chi connectivity index (χ1n) is 3.02. The molecule has 0 saturated carbocycles. The molecule has 0 unspecified atom stereocenters. The van der Waals surface area contributed by atoms with Gasteiger partial charge in [0, 0.05) is 0 Å². The third-order valence-corrected chi connectivity index (χ3v) is 1.72. The van der Waals surface area contributed by atoms with Crippen LogP contribution in [0.3, 0.4) is 0 Å². The van der Waals surface area contributed by atoms with Gasteiger partial charge in [-0.3, -0.25) is 9.59 Å². The fourth-order valence-electron chi connectivity index (χ4n) is 0.535. The van der Waals surface area contributed by atoms with Crippen molar-refractivity contribution in [2.75, 3.05) is 6.54 Å². The standard InChI is InChI=1S/C6H5N2O3S/c9-5(10)2-8-6(11)4-1-7-3-12-4/h1H,2H2,(H,8,11)(H,9,10). The summed E-state index contributed by atoms with van der Waals surface area (Å²) >= 11 is 1.04. The third-order valence-electron chi connectivity index (χ3n) is 1.01. The molecular formula is C6H5N2O3S. The van der Waals surface area contributed by atoms with E-state index in [9.17, 15) is 9.59 Å². The second-order valence-electron chi connectivity index (χ2n) is 1.89. The minimum absolute atomic E-state index is 0.358. The van der Waals surface area contributed by atoms with E-state index in [0.29, 0.717) is 4.88 Å². The predicted molar refractivity (Wildman–Crippen MR) is 40.9 cm³/mol. The van der Waals surface area contributed by atoms with Gasteiger partial charge in [-0.05, 0) is 0 Å². The maximum atomic E-state index is 11.0. The van der Waals surface area contributed by atoms with Crippen molar-refractivity contribution in [3.05, 3.63) is 16.6 Å². The van der Waals surface area contributed by atoms with Crippen LogP contribution in [0.15, 0.2) is 6.20 Å². The Bertz CT molecular complexity index is 283. The summed E-state index contributed by atoms with van der Waals surface area (Å²) in [4.78, 5) is 24.9. The summed E-state index contributed by atoms with van der Waals surface area (Å²) in [6.07, 6.45) is 1.34. The lowest BCUT2D eigenvalue weighted by atomic mass is 10.5. The number of aliphatic carboxylic acids is 1. The summed E-state index contributed by atoms with van der Waals surface area (Å²) in [5.41, 5.74) is 2.48. The zero-order valence-electron chi connectivity index (χ0n) is 5.90. The molecule has 0 aromatic carbocycles. The average molecular weight is 185 g/mol. The molecule has 0 aliphatic rings. The highest BCUT2D eigenvalue weighted by molar-refractivity contribution is 7.11. The van der Waals surface area contributed by atoms with Crippen molar-refractivity contribution in [1.29, 1.82) is 0 Å². The van der Waals surface area contributed by atoms with E-state index in [0.717, 1.165) is 11.3 Å². The Morgan fingerprint density at radius 1 is 1.75 bits per heavy atom. The SMILES string of the molecule is O=C(O)CNC(=O)c1cn[c]s1. The quantitative estimate of drug-likeness (QED) is 0.681. The smallest absolute Gasteiger partial charge is 0.322 e. The molecule has 0 aliphatic heterocycles. The predicted octanol–water partition coefficient (Wildman–Crippen LogP) is -0.242. The number of rotatable bonds is 3. The van der Waals surface area contributed by atoms with Gasteiger partial charge in [0.05, 0.1) is 6.20 Å². The van der Waals surface area contributed by atoms with Crippen molar-refractivity contribution >= 4 is 23.2 Å². The van der Waals surface area contributed by atoms with Crippen LogP contribution in [0.4, 0.5) is 0 Å². The maximum Gasteiger partial charge on any atom is 0.322 e. The fourth-order valence-corrected chi connectivity index (χ4v) is 1.01. The van der Waals surface area contributed by atoms with Gasteiger partial charge in [-0.15, -0.1) is 11.3 Å². The van der Waals surface area contributed by atoms with E-state index >= 15 is 0 Å². The molecule has 1 heterocycles. The molecule has 0 fully saturated rings. The van der Waals surface area contributed by atoms with Crippen molar-refractivity contribution in [3.8, 4) is 0 Å². The van der Waals surface area contributed by atoms with E-state index in [1.165, 1.54) is 6.20 Å². The minimum atomic E-state index is -1.07. The molecule has 63 valence electrons. The zero-order valence-corrected chi connectivity index (χ0v) is 6.72. The molecule has 0 aliphatic carbocycles. The fraction of sp³-hybridized carbons (Fsp3) is 0.167. The van der Waals surface area contributed by atoms with Crippen molar-refractivity contribution in [2.45, 2.75) is 0 Å². The Labute approximate surface area is 72.1 Å². The first-order valence-corrected chi connectivity index (χ1v) is 3.83. The molecule has 6 heteroatoms. The number of nitrogens with one attached hydrogen (secondary N) is 1. The summed E-state index contributed by atoms with van der Waals surface area (Å²) in [6, 6.07) is 0. The van der Waals surface area contributed by atoms with Crippen LogP contribution in [0.5, 0.6) is 0 Å². The normalized spacial score (nSPS) is 9.33. The Kier molecular flexibility index (Phi) is 2.76. The molecule has 1 aromatic rings. The van der Waals surface area contributed by atoms with Crippen LogP contribution in [-0.4, -0.2) is 28.5 Å². The molecule has 0 atom stereocenters. The van der Waals surface area contributed by atoms with Crippen LogP contribution in [0.2, 0.25) is 0 Å². The third kappa shape index (κ3) is 2.31. The van der Waals surface area contributed by atoms with Gasteiger partial charge < -0.3 is 10.4 Å². The highest BCUT2D eigenvalue weighted by atomic mass is 32.1. The van der Waals surface area contributed by atoms with E-state index in [-0.39, 0.29) is 6.54 Å². The number of hydrogen-bond donors (Lipinski definition) is 2. The Morgan fingerprint density at radius 2 is 2.50 bits per heavy atom. The first-order chi connectivity index (χ1) is 5.70. The molecule has 0 bridgehead atoms. The van der Waals surface area contributed by atoms with Gasteiger partial charge in [-0.2, -0.15) is 0 Å². The summed E-state index contributed by atoms with van der Waals surface area (Å²) in [5.74, 6) is -1.51. The second-order valence-corrected chi connectivity index (χ2v) is 2.72. The summed E-state index contributed by atoms with van der Waals surface area (Å²) in [7, 11) is 0. The van der Waals surface area contributed by atoms with Crippen molar-refractivity contribution in [3.63, 3.8) is 0 Å². The molecule has 5 nitrogen and oxygen atoms in total. The van der Waals surface area contributed by atoms with Crippen molar-refractivity contribution in [1.82, 2.24) is 10.3 Å². The van der Waals surface area contributed by atoms with E-state index in [4.69, 9.17) is 5.11 Å². The molecule has 1 amide bonds. The topological polar surface area (TPSA) is 79.3 Å². The largest absolute Gasteiger partial charge is 0.480 e. The molecule has 1 radical (unpaired) electrons. The van der Waals surface area contributed by atoms with Crippen LogP contribution in [-0.2, 0) is 4.79 Å². The molecule has 0 spiro atoms. The summed E-state index contributed by atoms with van der Waals surface area (Å²) in [6.45, 7) is -0.378.